The monoisotopic (exact) mass is 742 g/mol. The number of halogens is 1. The van der Waals surface area contributed by atoms with E-state index in [9.17, 15) is 14.4 Å². The van der Waals surface area contributed by atoms with E-state index in [1.54, 1.807) is 24.0 Å². The van der Waals surface area contributed by atoms with E-state index in [0.717, 1.165) is 17.4 Å². The zero-order valence-electron chi connectivity index (χ0n) is 32.2. The molecule has 2 aromatic carbocycles. The van der Waals surface area contributed by atoms with Crippen LogP contribution in [0.2, 0.25) is 5.15 Å². The zero-order valence-corrected chi connectivity index (χ0v) is 32.9. The lowest BCUT2D eigenvalue weighted by Crippen LogP contribution is -2.50. The van der Waals surface area contributed by atoms with Crippen molar-refractivity contribution in [2.75, 3.05) is 36.4 Å². The minimum Gasteiger partial charge on any atom is -0.444 e. The molecule has 0 radical (unpaired) electrons. The number of fused-ring (bicyclic) bond motifs is 1. The molecule has 53 heavy (non-hydrogen) atoms. The van der Waals surface area contributed by atoms with E-state index < -0.39 is 23.9 Å². The predicted octanol–water partition coefficient (Wildman–Crippen LogP) is 7.47. The van der Waals surface area contributed by atoms with E-state index in [4.69, 9.17) is 30.1 Å². The highest BCUT2D eigenvalue weighted by molar-refractivity contribution is 6.63. The predicted molar refractivity (Wildman–Crippen MR) is 210 cm³/mol. The number of aromatic nitrogens is 1. The van der Waals surface area contributed by atoms with Crippen LogP contribution >= 0.6 is 11.6 Å². The SMILES string of the molecule is Cc1cc(C(C)Nc2ccc(Cl)nc2-c2ccc(B3OC(C)(C)C(C)(C)O3)c(C=O)c2)c2oc(N3CCN(C(=O)OC(C)(C)C)CC3)c(C)c(=O)c2c1. The lowest BCUT2D eigenvalue weighted by Gasteiger charge is -2.36. The molecule has 2 aliphatic heterocycles. The van der Waals surface area contributed by atoms with Crippen LogP contribution in [0.4, 0.5) is 16.4 Å². The maximum Gasteiger partial charge on any atom is 0.495 e. The van der Waals surface area contributed by atoms with Crippen LogP contribution in [-0.4, -0.2) is 72.4 Å². The molecule has 1 amide bonds. The van der Waals surface area contributed by atoms with Gasteiger partial charge in [-0.3, -0.25) is 9.59 Å². The number of carbonyl (C=O) groups excluding carboxylic acids is 2. The average molecular weight is 743 g/mol. The summed E-state index contributed by atoms with van der Waals surface area (Å²) < 4.78 is 24.7. The molecular weight excluding hydrogens is 695 g/mol. The smallest absolute Gasteiger partial charge is 0.444 e. The van der Waals surface area contributed by atoms with E-state index in [2.05, 4.69) is 10.3 Å². The summed E-state index contributed by atoms with van der Waals surface area (Å²) in [6.45, 7) is 21.0. The van der Waals surface area contributed by atoms with Gasteiger partial charge in [-0.05, 0) is 105 Å². The molecule has 2 fully saturated rings. The number of ether oxygens (including phenoxy) is 1. The van der Waals surface area contributed by atoms with Crippen molar-refractivity contribution in [1.82, 2.24) is 9.88 Å². The van der Waals surface area contributed by atoms with Crippen LogP contribution in [0.3, 0.4) is 0 Å². The molecule has 0 saturated carbocycles. The topological polar surface area (TPSA) is 123 Å². The summed E-state index contributed by atoms with van der Waals surface area (Å²) in [4.78, 5) is 47.3. The van der Waals surface area contributed by atoms with Crippen molar-refractivity contribution >= 4 is 59.1 Å². The molecule has 1 N–H and O–H groups in total. The Kier molecular flexibility index (Phi) is 10.2. The molecule has 11 nitrogen and oxygen atoms in total. The molecule has 4 heterocycles. The third-order valence-corrected chi connectivity index (χ3v) is 10.5. The van der Waals surface area contributed by atoms with Crippen molar-refractivity contribution in [3.05, 3.63) is 80.1 Å². The number of nitrogens with zero attached hydrogens (tertiary/aromatic N) is 3. The first-order chi connectivity index (χ1) is 24.8. The summed E-state index contributed by atoms with van der Waals surface area (Å²) in [5.74, 6) is 0.487. The van der Waals surface area contributed by atoms with Gasteiger partial charge in [0.2, 0.25) is 5.88 Å². The fraction of sp³-hybridized carbons (Fsp3) is 0.450. The number of carbonyl (C=O) groups is 2. The molecule has 0 aliphatic carbocycles. The van der Waals surface area contributed by atoms with Gasteiger partial charge in [-0.15, -0.1) is 0 Å². The number of hydrogen-bond acceptors (Lipinski definition) is 10. The van der Waals surface area contributed by atoms with Gasteiger partial charge in [0, 0.05) is 42.9 Å². The molecule has 280 valence electrons. The molecule has 1 unspecified atom stereocenters. The second kappa shape index (κ2) is 14.1. The highest BCUT2D eigenvalue weighted by Crippen LogP contribution is 2.38. The second-order valence-electron chi connectivity index (χ2n) is 16.0. The van der Waals surface area contributed by atoms with E-state index in [1.165, 1.54) is 0 Å². The van der Waals surface area contributed by atoms with Crippen LogP contribution in [0, 0.1) is 13.8 Å². The number of pyridine rings is 1. The average Bonchev–Trinajstić information content (AvgIpc) is 3.31. The third kappa shape index (κ3) is 7.68. The number of benzene rings is 2. The van der Waals surface area contributed by atoms with Crippen LogP contribution in [0.15, 0.2) is 51.7 Å². The number of rotatable bonds is 7. The van der Waals surface area contributed by atoms with Gasteiger partial charge in [0.05, 0.1) is 39.6 Å². The van der Waals surface area contributed by atoms with Crippen LogP contribution in [0.5, 0.6) is 0 Å². The number of hydrogen-bond donors (Lipinski definition) is 1. The number of amides is 1. The van der Waals surface area contributed by atoms with Gasteiger partial charge in [0.25, 0.3) is 0 Å². The Bertz CT molecular complexity index is 2120. The Morgan fingerprint density at radius 2 is 1.68 bits per heavy atom. The summed E-state index contributed by atoms with van der Waals surface area (Å²) in [7, 11) is -0.703. The Hall–Kier alpha value is -4.39. The molecule has 13 heteroatoms. The first-order valence-corrected chi connectivity index (χ1v) is 18.4. The van der Waals surface area contributed by atoms with Gasteiger partial charge in [-0.1, -0.05) is 29.8 Å². The van der Waals surface area contributed by atoms with Gasteiger partial charge < -0.3 is 33.6 Å². The zero-order chi connectivity index (χ0) is 38.6. The van der Waals surface area contributed by atoms with Crippen molar-refractivity contribution in [1.29, 1.82) is 0 Å². The maximum absolute atomic E-state index is 13.9. The Morgan fingerprint density at radius 1 is 1.02 bits per heavy atom. The Balaban J connectivity index is 1.31. The van der Waals surface area contributed by atoms with Gasteiger partial charge >= 0.3 is 13.2 Å². The normalized spacial score (nSPS) is 17.6. The van der Waals surface area contributed by atoms with E-state index >= 15 is 0 Å². The molecule has 2 aromatic heterocycles. The fourth-order valence-corrected chi connectivity index (χ4v) is 6.84. The fourth-order valence-electron chi connectivity index (χ4n) is 6.69. The van der Waals surface area contributed by atoms with Crippen LogP contribution in [-0.2, 0) is 14.0 Å². The highest BCUT2D eigenvalue weighted by atomic mass is 35.5. The lowest BCUT2D eigenvalue weighted by atomic mass is 9.75. The molecule has 2 aliphatic rings. The summed E-state index contributed by atoms with van der Waals surface area (Å²) in [6, 6.07) is 12.5. The summed E-state index contributed by atoms with van der Waals surface area (Å²) in [5, 5.41) is 4.36. The molecule has 0 bridgehead atoms. The summed E-state index contributed by atoms with van der Waals surface area (Å²) in [6.07, 6.45) is 0.438. The molecule has 4 aromatic rings. The van der Waals surface area contributed by atoms with Gasteiger partial charge in [-0.25, -0.2) is 9.78 Å². The third-order valence-electron chi connectivity index (χ3n) is 10.3. The number of aldehydes is 1. The number of nitrogens with one attached hydrogen (secondary N) is 1. The van der Waals surface area contributed by atoms with Gasteiger partial charge in [-0.2, -0.15) is 0 Å². The second-order valence-corrected chi connectivity index (χ2v) is 16.4. The quantitative estimate of drug-likeness (QED) is 0.116. The maximum atomic E-state index is 13.9. The largest absolute Gasteiger partial charge is 0.495 e. The van der Waals surface area contributed by atoms with Crippen LogP contribution < -0.4 is 21.1 Å². The van der Waals surface area contributed by atoms with E-state index in [1.807, 2.05) is 97.5 Å². The molecule has 6 rings (SSSR count). The van der Waals surface area contributed by atoms with Crippen molar-refractivity contribution in [2.45, 2.75) is 92.1 Å². The minimum absolute atomic E-state index is 0.106. The molecule has 2 saturated heterocycles. The molecule has 1 atom stereocenters. The van der Waals surface area contributed by atoms with Crippen molar-refractivity contribution in [2.24, 2.45) is 0 Å². The number of aryl methyl sites for hydroxylation is 1. The standard InChI is InChI=1S/C40H48BClN4O7/c1-23-19-28(35-29(20-23)34(48)24(2)36(50-35)45-15-17-46(18-16-45)37(49)51-38(4,5)6)25(3)43-31-13-14-32(42)44-33(31)26-11-12-30(27(21-26)22-47)41-52-39(7,8)40(9,10)53-41/h11-14,19-22,25,43H,15-18H2,1-10H3. The van der Waals surface area contributed by atoms with Crippen molar-refractivity contribution < 1.29 is 28.1 Å². The van der Waals surface area contributed by atoms with Crippen molar-refractivity contribution in [3.8, 4) is 11.3 Å². The van der Waals surface area contributed by atoms with Crippen molar-refractivity contribution in [3.63, 3.8) is 0 Å². The van der Waals surface area contributed by atoms with Crippen LogP contribution in [0.25, 0.3) is 22.2 Å². The van der Waals surface area contributed by atoms with E-state index in [0.29, 0.717) is 81.7 Å². The van der Waals surface area contributed by atoms with Gasteiger partial charge in [0.15, 0.2) is 5.43 Å². The molecular formula is C40H48BClN4O7. The number of piperazine rings is 1. The lowest BCUT2D eigenvalue weighted by molar-refractivity contribution is 0.00578. The summed E-state index contributed by atoms with van der Waals surface area (Å²) >= 11 is 6.44. The van der Waals surface area contributed by atoms with E-state index in [-0.39, 0.29) is 17.6 Å². The summed E-state index contributed by atoms with van der Waals surface area (Å²) in [5.41, 5.74) is 3.82. The first-order valence-electron chi connectivity index (χ1n) is 18.0. The molecule has 0 spiro atoms. The minimum atomic E-state index is -0.703. The first kappa shape index (κ1) is 38.3. The number of anilines is 2. The Labute approximate surface area is 316 Å². The highest BCUT2D eigenvalue weighted by Gasteiger charge is 2.52. The van der Waals surface area contributed by atoms with Crippen LogP contribution in [0.1, 0.15) is 88.5 Å². The van der Waals surface area contributed by atoms with Gasteiger partial charge in [0.1, 0.15) is 22.6 Å². The Morgan fingerprint density at radius 3 is 2.30 bits per heavy atom.